The van der Waals surface area contributed by atoms with Crippen molar-refractivity contribution in [3.8, 4) is 5.88 Å². The van der Waals surface area contributed by atoms with Crippen molar-refractivity contribution in [1.82, 2.24) is 4.98 Å². The number of hydrogen-bond acceptors (Lipinski definition) is 4. The molecular weight excluding hydrogens is 206 g/mol. The number of ether oxygens (including phenoxy) is 2. The zero-order valence-electron chi connectivity index (χ0n) is 7.91. The Hall–Kier alpha value is -1.29. The van der Waals surface area contributed by atoms with E-state index in [0.717, 1.165) is 0 Å². The lowest BCUT2D eigenvalue weighted by atomic mass is 10.3. The molecule has 76 valence electrons. The summed E-state index contributed by atoms with van der Waals surface area (Å²) in [6.45, 7) is 2.00. The smallest absolute Gasteiger partial charge is 0.358 e. The average Bonchev–Trinajstić information content (AvgIpc) is 2.19. The number of hydrogen-bond donors (Lipinski definition) is 0. The fourth-order valence-electron chi connectivity index (χ4n) is 0.881. The van der Waals surface area contributed by atoms with E-state index in [2.05, 4.69) is 4.98 Å². The molecule has 0 saturated heterocycles. The Kier molecular flexibility index (Phi) is 3.71. The van der Waals surface area contributed by atoms with Crippen LogP contribution in [0.1, 0.15) is 17.4 Å². The molecule has 1 aromatic rings. The number of aromatic nitrogens is 1. The fraction of sp³-hybridized carbons (Fsp3) is 0.333. The molecule has 0 radical (unpaired) electrons. The van der Waals surface area contributed by atoms with Crippen LogP contribution >= 0.6 is 11.6 Å². The van der Waals surface area contributed by atoms with Crippen LogP contribution < -0.4 is 4.74 Å². The number of carbonyl (C=O) groups is 1. The van der Waals surface area contributed by atoms with E-state index in [1.807, 2.05) is 0 Å². The van der Waals surface area contributed by atoms with Crippen molar-refractivity contribution in [1.29, 1.82) is 0 Å². The Morgan fingerprint density at radius 2 is 2.29 bits per heavy atom. The van der Waals surface area contributed by atoms with Gasteiger partial charge in [0.05, 0.1) is 18.7 Å². The van der Waals surface area contributed by atoms with E-state index < -0.39 is 5.97 Å². The van der Waals surface area contributed by atoms with E-state index >= 15 is 0 Å². The molecule has 4 nitrogen and oxygen atoms in total. The van der Waals surface area contributed by atoms with E-state index in [-0.39, 0.29) is 17.3 Å². The highest BCUT2D eigenvalue weighted by Crippen LogP contribution is 2.18. The first-order valence-electron chi connectivity index (χ1n) is 4.06. The number of halogens is 1. The van der Waals surface area contributed by atoms with Gasteiger partial charge in [0, 0.05) is 6.07 Å². The molecule has 0 aromatic carbocycles. The maximum atomic E-state index is 11.3. The summed E-state index contributed by atoms with van der Waals surface area (Å²) in [6.07, 6.45) is 0. The normalized spacial score (nSPS) is 9.64. The Bertz CT molecular complexity index is 341. The molecular formula is C9H10ClNO3. The van der Waals surface area contributed by atoms with Crippen molar-refractivity contribution >= 4 is 17.6 Å². The predicted molar refractivity (Wildman–Crippen MR) is 51.8 cm³/mol. The molecule has 1 rings (SSSR count). The van der Waals surface area contributed by atoms with Gasteiger partial charge in [-0.2, -0.15) is 0 Å². The van der Waals surface area contributed by atoms with Crippen molar-refractivity contribution in [3.63, 3.8) is 0 Å². The van der Waals surface area contributed by atoms with E-state index in [4.69, 9.17) is 21.1 Å². The minimum atomic E-state index is -0.545. The lowest BCUT2D eigenvalue weighted by molar-refractivity contribution is 0.0518. The van der Waals surface area contributed by atoms with Gasteiger partial charge in [0.25, 0.3) is 0 Å². The van der Waals surface area contributed by atoms with Crippen LogP contribution in [0.25, 0.3) is 0 Å². The molecule has 14 heavy (non-hydrogen) atoms. The number of esters is 1. The molecule has 0 saturated carbocycles. The minimum Gasteiger partial charge on any atom is -0.481 e. The van der Waals surface area contributed by atoms with E-state index in [1.165, 1.54) is 7.11 Å². The fourth-order valence-corrected chi connectivity index (χ4v) is 1.06. The van der Waals surface area contributed by atoms with Crippen LogP contribution in [0.2, 0.25) is 5.02 Å². The van der Waals surface area contributed by atoms with Gasteiger partial charge >= 0.3 is 5.97 Å². The summed E-state index contributed by atoms with van der Waals surface area (Å²) in [5, 5.41) is 0.254. The first kappa shape index (κ1) is 10.8. The summed E-state index contributed by atoms with van der Waals surface area (Å²) in [4.78, 5) is 15.2. The predicted octanol–water partition coefficient (Wildman–Crippen LogP) is 1.92. The quantitative estimate of drug-likeness (QED) is 0.723. The third-order valence-corrected chi connectivity index (χ3v) is 1.80. The highest BCUT2D eigenvalue weighted by molar-refractivity contribution is 6.33. The van der Waals surface area contributed by atoms with Crippen LogP contribution in [0, 0.1) is 0 Å². The highest BCUT2D eigenvalue weighted by Gasteiger charge is 2.14. The van der Waals surface area contributed by atoms with Crippen LogP contribution in [0.5, 0.6) is 5.88 Å². The number of nitrogens with zero attached hydrogens (tertiary/aromatic N) is 1. The maximum Gasteiger partial charge on any atom is 0.358 e. The second kappa shape index (κ2) is 4.81. The van der Waals surface area contributed by atoms with Gasteiger partial charge in [-0.25, -0.2) is 9.78 Å². The van der Waals surface area contributed by atoms with Gasteiger partial charge in [-0.05, 0) is 13.0 Å². The molecule has 0 amide bonds. The van der Waals surface area contributed by atoms with Crippen molar-refractivity contribution in [3.05, 3.63) is 22.8 Å². The molecule has 0 aliphatic rings. The van der Waals surface area contributed by atoms with Gasteiger partial charge in [-0.3, -0.25) is 0 Å². The SMILES string of the molecule is CCOC(=O)c1nc(OC)ccc1Cl. The van der Waals surface area contributed by atoms with Crippen molar-refractivity contribution in [2.75, 3.05) is 13.7 Å². The first-order valence-corrected chi connectivity index (χ1v) is 4.44. The third kappa shape index (κ3) is 2.35. The summed E-state index contributed by atoms with van der Waals surface area (Å²) < 4.78 is 9.63. The van der Waals surface area contributed by atoms with Crippen molar-refractivity contribution in [2.45, 2.75) is 6.92 Å². The van der Waals surface area contributed by atoms with E-state index in [1.54, 1.807) is 19.1 Å². The van der Waals surface area contributed by atoms with Crippen LogP contribution in [-0.2, 0) is 4.74 Å². The molecule has 0 bridgehead atoms. The number of methoxy groups -OCH3 is 1. The average molecular weight is 216 g/mol. The summed E-state index contributed by atoms with van der Waals surface area (Å²) in [6, 6.07) is 3.12. The zero-order valence-corrected chi connectivity index (χ0v) is 8.67. The van der Waals surface area contributed by atoms with E-state index in [0.29, 0.717) is 5.88 Å². The standard InChI is InChI=1S/C9H10ClNO3/c1-3-14-9(12)8-6(10)4-5-7(11-8)13-2/h4-5H,3H2,1-2H3. The van der Waals surface area contributed by atoms with Gasteiger partial charge in [-0.15, -0.1) is 0 Å². The van der Waals surface area contributed by atoms with Crippen molar-refractivity contribution < 1.29 is 14.3 Å². The Balaban J connectivity index is 2.99. The molecule has 0 N–H and O–H groups in total. The molecule has 0 spiro atoms. The second-order valence-electron chi connectivity index (χ2n) is 2.40. The van der Waals surface area contributed by atoms with Gasteiger partial charge in [0.15, 0.2) is 5.69 Å². The molecule has 0 aliphatic heterocycles. The minimum absolute atomic E-state index is 0.0767. The van der Waals surface area contributed by atoms with Gasteiger partial charge in [-0.1, -0.05) is 11.6 Å². The molecule has 1 heterocycles. The molecule has 0 aliphatic carbocycles. The second-order valence-corrected chi connectivity index (χ2v) is 2.81. The lowest BCUT2D eigenvalue weighted by Gasteiger charge is -2.04. The Morgan fingerprint density at radius 1 is 1.57 bits per heavy atom. The van der Waals surface area contributed by atoms with Crippen molar-refractivity contribution in [2.24, 2.45) is 0 Å². The van der Waals surface area contributed by atoms with Gasteiger partial charge < -0.3 is 9.47 Å². The largest absolute Gasteiger partial charge is 0.481 e. The summed E-state index contributed by atoms with van der Waals surface area (Å²) in [7, 11) is 1.46. The maximum absolute atomic E-state index is 11.3. The summed E-state index contributed by atoms with van der Waals surface area (Å²) in [5.41, 5.74) is 0.0767. The van der Waals surface area contributed by atoms with Gasteiger partial charge in [0.1, 0.15) is 0 Å². The Labute approximate surface area is 86.8 Å². The van der Waals surface area contributed by atoms with Crippen LogP contribution in [-0.4, -0.2) is 24.7 Å². The van der Waals surface area contributed by atoms with E-state index in [9.17, 15) is 4.79 Å². The molecule has 0 unspecified atom stereocenters. The molecule has 0 fully saturated rings. The highest BCUT2D eigenvalue weighted by atomic mass is 35.5. The number of rotatable bonds is 3. The van der Waals surface area contributed by atoms with Crippen LogP contribution in [0.3, 0.4) is 0 Å². The summed E-state index contributed by atoms with van der Waals surface area (Å²) in [5.74, 6) is -0.214. The third-order valence-electron chi connectivity index (χ3n) is 1.50. The van der Waals surface area contributed by atoms with Crippen LogP contribution in [0.15, 0.2) is 12.1 Å². The molecule has 5 heteroatoms. The van der Waals surface area contributed by atoms with Crippen LogP contribution in [0.4, 0.5) is 0 Å². The molecule has 1 aromatic heterocycles. The molecule has 0 atom stereocenters. The number of pyridine rings is 1. The lowest BCUT2D eigenvalue weighted by Crippen LogP contribution is -2.08. The van der Waals surface area contributed by atoms with Gasteiger partial charge in [0.2, 0.25) is 5.88 Å². The topological polar surface area (TPSA) is 48.4 Å². The monoisotopic (exact) mass is 215 g/mol. The number of carbonyl (C=O) groups excluding carboxylic acids is 1. The zero-order chi connectivity index (χ0) is 10.6. The first-order chi connectivity index (χ1) is 6.69. The summed E-state index contributed by atoms with van der Waals surface area (Å²) >= 11 is 5.76. The Morgan fingerprint density at radius 3 is 2.86 bits per heavy atom.